The van der Waals surface area contributed by atoms with Gasteiger partial charge in [0.2, 0.25) is 0 Å². The van der Waals surface area contributed by atoms with E-state index in [1.807, 2.05) is 0 Å². The first-order chi connectivity index (χ1) is 29.4. The van der Waals surface area contributed by atoms with Gasteiger partial charge in [-0.05, 0) is 111 Å². The van der Waals surface area contributed by atoms with Crippen molar-refractivity contribution in [3.05, 3.63) is 0 Å². The molecular weight excluding hydrogens is 812 g/mol. The Bertz CT molecular complexity index is 1550. The van der Waals surface area contributed by atoms with Crippen molar-refractivity contribution >= 4 is 0 Å². The minimum atomic E-state index is -1.81. The van der Waals surface area contributed by atoms with Gasteiger partial charge in [-0.3, -0.25) is 0 Å². The molecule has 17 nitrogen and oxygen atoms in total. The van der Waals surface area contributed by atoms with E-state index in [1.165, 1.54) is 19.8 Å². The van der Waals surface area contributed by atoms with Crippen LogP contribution in [-0.2, 0) is 37.9 Å². The minimum absolute atomic E-state index is 0.103. The predicted octanol–water partition coefficient (Wildman–Crippen LogP) is 0.294. The van der Waals surface area contributed by atoms with Gasteiger partial charge in [0, 0.05) is 12.3 Å². The molecule has 9 fully saturated rings. The molecule has 9 N–H and O–H groups in total. The van der Waals surface area contributed by atoms with Gasteiger partial charge in [0.1, 0.15) is 67.1 Å². The maximum absolute atomic E-state index is 12.0. The molecular formula is C45H74O17. The van der Waals surface area contributed by atoms with Crippen molar-refractivity contribution in [2.45, 2.75) is 209 Å². The molecule has 27 atom stereocenters. The molecule has 0 amide bonds. The van der Waals surface area contributed by atoms with E-state index in [0.717, 1.165) is 51.6 Å². The maximum Gasteiger partial charge on any atom is 0.187 e. The Hall–Kier alpha value is -0.680. The number of aliphatic hydroxyl groups is 9. The highest BCUT2D eigenvalue weighted by molar-refractivity contribution is 5.15. The van der Waals surface area contributed by atoms with Crippen LogP contribution < -0.4 is 0 Å². The van der Waals surface area contributed by atoms with E-state index in [-0.39, 0.29) is 23.0 Å². The normalized spacial score (nSPS) is 58.9. The summed E-state index contributed by atoms with van der Waals surface area (Å²) in [5, 5.41) is 95.8. The van der Waals surface area contributed by atoms with Crippen molar-refractivity contribution in [1.82, 2.24) is 0 Å². The van der Waals surface area contributed by atoms with Crippen LogP contribution >= 0.6 is 0 Å². The maximum atomic E-state index is 12.0. The Kier molecular flexibility index (Phi) is 13.1. The van der Waals surface area contributed by atoms with Crippen LogP contribution in [0.2, 0.25) is 0 Å². The Labute approximate surface area is 364 Å². The van der Waals surface area contributed by atoms with Crippen molar-refractivity contribution < 1.29 is 83.9 Å². The van der Waals surface area contributed by atoms with Crippen LogP contribution in [0.4, 0.5) is 0 Å². The van der Waals surface area contributed by atoms with Gasteiger partial charge in [0.25, 0.3) is 0 Å². The van der Waals surface area contributed by atoms with Gasteiger partial charge < -0.3 is 83.9 Å². The number of rotatable bonds is 8. The molecule has 9 rings (SSSR count). The van der Waals surface area contributed by atoms with Crippen LogP contribution in [0.5, 0.6) is 0 Å². The molecule has 4 aliphatic carbocycles. The fourth-order valence-corrected chi connectivity index (χ4v) is 14.6. The zero-order valence-electron chi connectivity index (χ0n) is 36.8. The molecule has 9 aliphatic rings. The number of hydrogen-bond donors (Lipinski definition) is 9. The Morgan fingerprint density at radius 3 is 1.94 bits per heavy atom. The smallest absolute Gasteiger partial charge is 0.187 e. The van der Waals surface area contributed by atoms with Crippen LogP contribution in [0.15, 0.2) is 0 Å². The summed E-state index contributed by atoms with van der Waals surface area (Å²) in [5.41, 5.74) is 0.320. The van der Waals surface area contributed by atoms with Gasteiger partial charge in [-0.1, -0.05) is 27.7 Å². The molecule has 5 heterocycles. The third-order valence-corrected chi connectivity index (χ3v) is 18.2. The molecule has 0 aromatic rings. The second-order valence-electron chi connectivity index (χ2n) is 21.5. The van der Waals surface area contributed by atoms with Gasteiger partial charge in [0.05, 0.1) is 38.1 Å². The highest BCUT2D eigenvalue weighted by Crippen LogP contribution is 2.71. The highest BCUT2D eigenvalue weighted by Gasteiger charge is 2.69. The third-order valence-electron chi connectivity index (χ3n) is 18.2. The first-order valence-corrected chi connectivity index (χ1v) is 23.7. The number of fused-ring (bicyclic) bond motifs is 7. The average Bonchev–Trinajstić information content (AvgIpc) is 3.70. The van der Waals surface area contributed by atoms with E-state index in [4.69, 9.17) is 37.9 Å². The van der Waals surface area contributed by atoms with E-state index in [0.29, 0.717) is 47.8 Å². The van der Waals surface area contributed by atoms with E-state index >= 15 is 0 Å². The number of aliphatic hydroxyl groups excluding tert-OH is 9. The first kappa shape index (κ1) is 46.4. The summed E-state index contributed by atoms with van der Waals surface area (Å²) in [5.74, 6) is 3.18. The second kappa shape index (κ2) is 17.4. The fraction of sp³-hybridized carbons (Fsp3) is 1.00. The largest absolute Gasteiger partial charge is 0.394 e. The molecule has 5 aliphatic heterocycles. The number of ether oxygens (including phenoxy) is 8. The summed E-state index contributed by atoms with van der Waals surface area (Å²) >= 11 is 0. The molecule has 0 radical (unpaired) electrons. The summed E-state index contributed by atoms with van der Waals surface area (Å²) < 4.78 is 50.0. The van der Waals surface area contributed by atoms with Gasteiger partial charge in [0.15, 0.2) is 24.7 Å². The van der Waals surface area contributed by atoms with Crippen molar-refractivity contribution in [3.8, 4) is 0 Å². The van der Waals surface area contributed by atoms with Crippen molar-refractivity contribution in [1.29, 1.82) is 0 Å². The number of hydrogen-bond acceptors (Lipinski definition) is 17. The molecule has 4 unspecified atom stereocenters. The van der Waals surface area contributed by atoms with Gasteiger partial charge in [-0.15, -0.1) is 0 Å². The second-order valence-corrected chi connectivity index (χ2v) is 21.5. The zero-order valence-corrected chi connectivity index (χ0v) is 36.8. The van der Waals surface area contributed by atoms with Crippen LogP contribution in [0.1, 0.15) is 98.8 Å². The lowest BCUT2D eigenvalue weighted by Gasteiger charge is -2.61. The topological polar surface area (TPSA) is 256 Å². The quantitative estimate of drug-likeness (QED) is 0.149. The fourth-order valence-electron chi connectivity index (χ4n) is 14.6. The van der Waals surface area contributed by atoms with E-state index in [1.54, 1.807) is 0 Å². The van der Waals surface area contributed by atoms with Crippen LogP contribution in [-0.4, -0.2) is 176 Å². The lowest BCUT2D eigenvalue weighted by Crippen LogP contribution is -2.67. The summed E-state index contributed by atoms with van der Waals surface area (Å²) in [7, 11) is 0. The third kappa shape index (κ3) is 7.56. The Morgan fingerprint density at radius 2 is 1.24 bits per heavy atom. The molecule has 0 aromatic heterocycles. The van der Waals surface area contributed by atoms with Gasteiger partial charge in [-0.2, -0.15) is 0 Å². The zero-order chi connectivity index (χ0) is 44.2. The molecule has 1 spiro atoms. The van der Waals surface area contributed by atoms with Gasteiger partial charge >= 0.3 is 0 Å². The standard InChI is InChI=1S/C45H74O17/c1-19-8-13-45(55-18-19)20(2)30-27(62-45)15-26-24-7-6-22-14-23(9-11-43(22,4)25(24)10-12-44(26,30)5)57-42-39(61-40-35(52)33(50)31(48)21(3)56-40)37(54)38(29(17-47)59-42)60-41-36(53)34(51)32(49)28(16-46)58-41/h19-42,46-54H,6-18H2,1-5H3/t19-,20+,21-,22+,23+,24?,25?,26?,27+,28-,29-,30?,31-,32-,33+,34+,35+,36-,37+,38+,39-,40-,41+,42-,43+,44+,45-/m1/s1. The van der Waals surface area contributed by atoms with Crippen molar-refractivity contribution in [3.63, 3.8) is 0 Å². The van der Waals surface area contributed by atoms with Crippen LogP contribution in [0, 0.1) is 52.3 Å². The molecule has 0 bridgehead atoms. The minimum Gasteiger partial charge on any atom is -0.394 e. The molecule has 356 valence electrons. The predicted molar refractivity (Wildman–Crippen MR) is 214 cm³/mol. The first-order valence-electron chi connectivity index (χ1n) is 23.7. The van der Waals surface area contributed by atoms with Crippen LogP contribution in [0.3, 0.4) is 0 Å². The van der Waals surface area contributed by atoms with Crippen LogP contribution in [0.25, 0.3) is 0 Å². The summed E-state index contributed by atoms with van der Waals surface area (Å²) in [6.45, 7) is 10.6. The monoisotopic (exact) mass is 886 g/mol. The molecule has 5 saturated heterocycles. The molecule has 17 heteroatoms. The molecule has 0 aromatic carbocycles. The lowest BCUT2D eigenvalue weighted by atomic mass is 9.44. The molecule has 62 heavy (non-hydrogen) atoms. The van der Waals surface area contributed by atoms with E-state index in [2.05, 4.69) is 27.7 Å². The summed E-state index contributed by atoms with van der Waals surface area (Å²) in [6.07, 6.45) is -12.6. The lowest BCUT2D eigenvalue weighted by molar-refractivity contribution is -0.390. The van der Waals surface area contributed by atoms with E-state index < -0.39 is 111 Å². The summed E-state index contributed by atoms with van der Waals surface area (Å²) in [6, 6.07) is 0. The Balaban J connectivity index is 0.899. The summed E-state index contributed by atoms with van der Waals surface area (Å²) in [4.78, 5) is 0. The van der Waals surface area contributed by atoms with Crippen molar-refractivity contribution in [2.75, 3.05) is 19.8 Å². The highest BCUT2D eigenvalue weighted by atomic mass is 16.8. The average molecular weight is 887 g/mol. The van der Waals surface area contributed by atoms with Gasteiger partial charge in [-0.25, -0.2) is 0 Å². The Morgan fingerprint density at radius 1 is 0.581 bits per heavy atom. The van der Waals surface area contributed by atoms with Crippen molar-refractivity contribution in [2.24, 2.45) is 52.3 Å². The SMILES string of the molecule is C[C@@H]1CC[C@@]2(OC1)O[C@H]1CC3C4CC[C@H]5C[C@@H](O[C@@H]6O[C@H](CO)[C@H](O[C@@H]7O[C@H](CO)[C@@H](O)[C@H](O)[C@H]7O)[C@H](O)[C@H]6O[C@H]6O[C@H](C)[C@@H](O)[C@H](O)[C@@H]6O)CC[C@]5(C)C4CC[C@]3(C)C1[C@@H]2C. The molecule has 4 saturated carbocycles. The van der Waals surface area contributed by atoms with E-state index in [9.17, 15) is 46.0 Å².